The fourth-order valence-electron chi connectivity index (χ4n) is 2.80. The van der Waals surface area contributed by atoms with Crippen LogP contribution in [0, 0.1) is 0 Å². The average molecular weight is 386 g/mol. The first-order valence-corrected chi connectivity index (χ1v) is 9.55. The molecule has 26 heavy (non-hydrogen) atoms. The van der Waals surface area contributed by atoms with E-state index in [0.717, 1.165) is 16.9 Å². The van der Waals surface area contributed by atoms with E-state index in [2.05, 4.69) is 10.1 Å². The van der Waals surface area contributed by atoms with E-state index < -0.39 is 0 Å². The van der Waals surface area contributed by atoms with Crippen LogP contribution in [-0.2, 0) is 0 Å². The predicted molar refractivity (Wildman–Crippen MR) is 102 cm³/mol. The van der Waals surface area contributed by atoms with Gasteiger partial charge in [0.2, 0.25) is 0 Å². The molecule has 0 amide bonds. The van der Waals surface area contributed by atoms with E-state index in [1.807, 2.05) is 43.3 Å². The quantitative estimate of drug-likeness (QED) is 0.641. The van der Waals surface area contributed by atoms with Crippen molar-refractivity contribution in [2.24, 2.45) is 0 Å². The highest BCUT2D eigenvalue weighted by Gasteiger charge is 2.30. The van der Waals surface area contributed by atoms with Crippen LogP contribution in [0.15, 0.2) is 53.7 Å². The number of ether oxygens (including phenoxy) is 1. The molecule has 2 aromatic carbocycles. The van der Waals surface area contributed by atoms with Crippen molar-refractivity contribution in [1.82, 2.24) is 14.8 Å². The van der Waals surface area contributed by atoms with Crippen molar-refractivity contribution in [3.63, 3.8) is 0 Å². The number of benzene rings is 2. The number of hydrogen-bond donors (Lipinski definition) is 0. The third-order valence-corrected chi connectivity index (χ3v) is 5.54. The fraction of sp³-hybridized carbons (Fsp3) is 0.211. The molecule has 0 saturated heterocycles. The third kappa shape index (κ3) is 3.34. The molecule has 0 unspecified atom stereocenters. The predicted octanol–water partition coefficient (Wildman–Crippen LogP) is 4.87. The number of nitrogens with zero attached hydrogens (tertiary/aromatic N) is 3. The van der Waals surface area contributed by atoms with Gasteiger partial charge in [-0.3, -0.25) is 4.79 Å². The lowest BCUT2D eigenvalue weighted by molar-refractivity contribution is 0.0868. The van der Waals surface area contributed by atoms with Gasteiger partial charge in [0.1, 0.15) is 5.75 Å². The lowest BCUT2D eigenvalue weighted by atomic mass is 10.1. The molecule has 0 bridgehead atoms. The van der Waals surface area contributed by atoms with Gasteiger partial charge in [-0.25, -0.2) is 4.98 Å². The summed E-state index contributed by atoms with van der Waals surface area (Å²) < 4.78 is 6.88. The molecule has 1 aliphatic rings. The van der Waals surface area contributed by atoms with Crippen LogP contribution in [0.3, 0.4) is 0 Å². The summed E-state index contributed by atoms with van der Waals surface area (Å²) >= 11 is 7.48. The summed E-state index contributed by atoms with van der Waals surface area (Å²) in [5.74, 6) is 1.31. The van der Waals surface area contributed by atoms with Crippen molar-refractivity contribution in [1.29, 1.82) is 0 Å². The second kappa shape index (κ2) is 7.13. The highest BCUT2D eigenvalue weighted by atomic mass is 35.5. The molecule has 0 N–H and O–H groups in total. The molecule has 1 aromatic heterocycles. The van der Waals surface area contributed by atoms with Gasteiger partial charge >= 0.3 is 0 Å². The molecule has 1 aliphatic heterocycles. The molecular formula is C19H16ClN3O2S. The SMILES string of the molecule is CCOc1ccc([C@@H]2CC(=O)n3nc(-c4ccc(Cl)cc4)nc3S2)cc1. The summed E-state index contributed by atoms with van der Waals surface area (Å²) in [4.78, 5) is 17.1. The normalized spacial score (nSPS) is 16.4. The Labute approximate surface area is 160 Å². The average Bonchev–Trinajstić information content (AvgIpc) is 3.08. The highest BCUT2D eigenvalue weighted by molar-refractivity contribution is 7.99. The van der Waals surface area contributed by atoms with E-state index in [0.29, 0.717) is 29.0 Å². The van der Waals surface area contributed by atoms with Crippen LogP contribution in [0.25, 0.3) is 11.4 Å². The standard InChI is InChI=1S/C19H16ClN3O2S/c1-2-25-15-9-5-12(6-10-15)16-11-17(24)23-19(26-16)21-18(22-23)13-3-7-14(20)8-4-13/h3-10,16H,2,11H2,1H3/t16-/m0/s1. The molecule has 0 fully saturated rings. The topological polar surface area (TPSA) is 57.0 Å². The van der Waals surface area contributed by atoms with E-state index in [-0.39, 0.29) is 11.2 Å². The molecule has 2 heterocycles. The van der Waals surface area contributed by atoms with Crippen molar-refractivity contribution in [2.45, 2.75) is 23.8 Å². The summed E-state index contributed by atoms with van der Waals surface area (Å²) in [6.07, 6.45) is 0.384. The van der Waals surface area contributed by atoms with Gasteiger partial charge in [-0.2, -0.15) is 4.68 Å². The molecule has 4 rings (SSSR count). The Morgan fingerprint density at radius 1 is 1.19 bits per heavy atom. The second-order valence-electron chi connectivity index (χ2n) is 5.84. The summed E-state index contributed by atoms with van der Waals surface area (Å²) in [5.41, 5.74) is 1.91. The lowest BCUT2D eigenvalue weighted by Crippen LogP contribution is -2.20. The zero-order chi connectivity index (χ0) is 18.1. The van der Waals surface area contributed by atoms with Crippen molar-refractivity contribution in [3.8, 4) is 17.1 Å². The number of hydrogen-bond acceptors (Lipinski definition) is 5. The molecule has 3 aromatic rings. The summed E-state index contributed by atoms with van der Waals surface area (Å²) in [6, 6.07) is 15.1. The molecule has 7 heteroatoms. The van der Waals surface area contributed by atoms with Crippen LogP contribution in [0.2, 0.25) is 5.02 Å². The molecule has 0 radical (unpaired) electrons. The highest BCUT2D eigenvalue weighted by Crippen LogP contribution is 2.41. The number of halogens is 1. The van der Waals surface area contributed by atoms with Crippen LogP contribution in [0.4, 0.5) is 0 Å². The van der Waals surface area contributed by atoms with E-state index in [4.69, 9.17) is 16.3 Å². The number of fused-ring (bicyclic) bond motifs is 1. The second-order valence-corrected chi connectivity index (χ2v) is 7.45. The molecule has 0 aliphatic carbocycles. The fourth-order valence-corrected chi connectivity index (χ4v) is 4.08. The zero-order valence-electron chi connectivity index (χ0n) is 14.1. The Morgan fingerprint density at radius 2 is 1.92 bits per heavy atom. The molecule has 132 valence electrons. The van der Waals surface area contributed by atoms with Gasteiger partial charge in [-0.1, -0.05) is 35.5 Å². The van der Waals surface area contributed by atoms with Crippen LogP contribution in [0.1, 0.15) is 29.0 Å². The Balaban J connectivity index is 1.60. The first-order chi connectivity index (χ1) is 12.6. The Bertz CT molecular complexity index is 938. The van der Waals surface area contributed by atoms with Crippen LogP contribution in [0.5, 0.6) is 5.75 Å². The maximum absolute atomic E-state index is 12.5. The van der Waals surface area contributed by atoms with E-state index in [9.17, 15) is 4.79 Å². The van der Waals surface area contributed by atoms with Gasteiger partial charge in [0, 0.05) is 22.3 Å². The number of rotatable bonds is 4. The number of carbonyl (C=O) groups excluding carboxylic acids is 1. The Kier molecular flexibility index (Phi) is 4.70. The third-order valence-electron chi connectivity index (χ3n) is 4.09. The lowest BCUT2D eigenvalue weighted by Gasteiger charge is -2.20. The van der Waals surface area contributed by atoms with Crippen LogP contribution >= 0.6 is 23.4 Å². The molecule has 1 atom stereocenters. The molecule has 0 spiro atoms. The van der Waals surface area contributed by atoms with Crippen LogP contribution < -0.4 is 4.74 Å². The first kappa shape index (κ1) is 17.1. The Hall–Kier alpha value is -2.31. The van der Waals surface area contributed by atoms with Crippen molar-refractivity contribution in [3.05, 3.63) is 59.1 Å². The number of aromatic nitrogens is 3. The zero-order valence-corrected chi connectivity index (χ0v) is 15.6. The van der Waals surface area contributed by atoms with Gasteiger partial charge < -0.3 is 4.74 Å². The minimum absolute atomic E-state index is 0.0212. The minimum atomic E-state index is -0.0506. The molecule has 5 nitrogen and oxygen atoms in total. The first-order valence-electron chi connectivity index (χ1n) is 8.29. The summed E-state index contributed by atoms with van der Waals surface area (Å²) in [6.45, 7) is 2.58. The number of carbonyl (C=O) groups is 1. The van der Waals surface area contributed by atoms with Gasteiger partial charge in [-0.15, -0.1) is 5.10 Å². The van der Waals surface area contributed by atoms with E-state index >= 15 is 0 Å². The van der Waals surface area contributed by atoms with Crippen molar-refractivity contribution in [2.75, 3.05) is 6.61 Å². The van der Waals surface area contributed by atoms with Gasteiger partial charge in [0.15, 0.2) is 11.0 Å². The smallest absolute Gasteiger partial charge is 0.250 e. The van der Waals surface area contributed by atoms with Gasteiger partial charge in [0.25, 0.3) is 5.91 Å². The van der Waals surface area contributed by atoms with E-state index in [1.165, 1.54) is 4.68 Å². The van der Waals surface area contributed by atoms with Crippen molar-refractivity contribution < 1.29 is 9.53 Å². The maximum Gasteiger partial charge on any atom is 0.250 e. The summed E-state index contributed by atoms with van der Waals surface area (Å²) in [7, 11) is 0. The van der Waals surface area contributed by atoms with Crippen LogP contribution in [-0.4, -0.2) is 27.3 Å². The largest absolute Gasteiger partial charge is 0.494 e. The molecular weight excluding hydrogens is 370 g/mol. The summed E-state index contributed by atoms with van der Waals surface area (Å²) in [5, 5.41) is 5.66. The maximum atomic E-state index is 12.5. The van der Waals surface area contributed by atoms with Gasteiger partial charge in [-0.05, 0) is 48.9 Å². The van der Waals surface area contributed by atoms with Crippen molar-refractivity contribution >= 4 is 29.3 Å². The van der Waals surface area contributed by atoms with Gasteiger partial charge in [0.05, 0.1) is 6.61 Å². The molecule has 0 saturated carbocycles. The van der Waals surface area contributed by atoms with E-state index in [1.54, 1.807) is 23.9 Å². The monoisotopic (exact) mass is 385 g/mol. The minimum Gasteiger partial charge on any atom is -0.494 e. The number of thioether (sulfide) groups is 1. The Morgan fingerprint density at radius 3 is 2.62 bits per heavy atom.